The Bertz CT molecular complexity index is 3520. The van der Waals surface area contributed by atoms with Crippen LogP contribution in [0, 0.1) is 32.5 Å². The Kier molecular flexibility index (Phi) is 57.9. The predicted molar refractivity (Wildman–Crippen MR) is 501 cm³/mol. The first-order valence-electron chi connectivity index (χ1n) is 46.9. The highest BCUT2D eigenvalue weighted by molar-refractivity contribution is 5.83. The molecule has 1 aromatic rings. The molecule has 8 amide bonds. The number of aliphatic hydroxyl groups is 4. The summed E-state index contributed by atoms with van der Waals surface area (Å²) in [5.41, 5.74) is -14.1. The van der Waals surface area contributed by atoms with Crippen LogP contribution in [0.25, 0.3) is 0 Å². The summed E-state index contributed by atoms with van der Waals surface area (Å²) in [6, 6.07) is 0. The normalized spacial score (nSPS) is 12.3. The number of ether oxygens (including phenoxy) is 14. The third-order valence-electron chi connectivity index (χ3n) is 20.5. The van der Waals surface area contributed by atoms with Gasteiger partial charge in [-0.05, 0) is 276 Å². The van der Waals surface area contributed by atoms with E-state index in [2.05, 4.69) is 52.8 Å². The average Bonchev–Trinajstić information content (AvgIpc) is 1.02. The summed E-state index contributed by atoms with van der Waals surface area (Å²) in [4.78, 5) is 194. The number of carbonyl (C=O) groups excluding carboxylic acids is 14. The second-order valence-electron chi connectivity index (χ2n) is 40.2. The molecule has 0 aliphatic rings. The van der Waals surface area contributed by atoms with Gasteiger partial charge in [0.1, 0.15) is 120 Å². The van der Waals surface area contributed by atoms with Gasteiger partial charge in [-0.2, -0.15) is 0 Å². The number of unbranched alkanes of at least 4 members (excludes halogenated alkanes) is 3. The van der Waals surface area contributed by atoms with Gasteiger partial charge in [0.2, 0.25) is 0 Å². The number of aliphatic hydroxyl groups excluding tert-OH is 4. The van der Waals surface area contributed by atoms with E-state index >= 15 is 0 Å². The zero-order valence-electron chi connectivity index (χ0n) is 85.8. The van der Waals surface area contributed by atoms with E-state index in [1.54, 1.807) is 83.1 Å². The van der Waals surface area contributed by atoms with Crippen molar-refractivity contribution in [2.45, 2.75) is 237 Å². The SMILES string of the molecule is CN(CCCNC(=O)OCC(C)(COC(=O)NCCCN(C)CCCNC(=O)OC(C)(C)C)C(=O)OCC(C)(COC(=O)C(C)(COC(=O)NCCCN(C)CCCNC(=O)OC(C)(C)C)COC(=O)NCCCN(C)CCCNC(=O)OC(C)(C)C)C(=O)OCc1cn(CCCCCCOC(=O)C(C)(COC(=O)C(C)(CO)CO)COC(=O)C(C)(CO)CO)nn1)CCCNC(=O)OC(C)(C)C. The first-order chi connectivity index (χ1) is 64.3. The number of amides is 8. The molecule has 0 spiro atoms. The Labute approximate surface area is 812 Å². The van der Waals surface area contributed by atoms with Crippen molar-refractivity contribution >= 4 is 84.6 Å². The summed E-state index contributed by atoms with van der Waals surface area (Å²) in [6.45, 7) is 24.7. The molecule has 0 aliphatic heterocycles. The van der Waals surface area contributed by atoms with Crippen molar-refractivity contribution in [2.24, 2.45) is 32.5 Å². The maximum absolute atomic E-state index is 14.9. The van der Waals surface area contributed by atoms with Gasteiger partial charge in [-0.1, -0.05) is 11.6 Å². The van der Waals surface area contributed by atoms with Crippen molar-refractivity contribution in [2.75, 3.05) is 219 Å². The topological polar surface area (TPSA) is 589 Å². The fraction of sp³-hybridized carbons (Fsp3) is 0.824. The number of nitrogens with zero attached hydrogens (tertiary/aromatic N) is 7. The number of alkyl carbamates (subject to hydrolysis) is 8. The number of nitrogens with one attached hydrogen (secondary N) is 8. The smallest absolute Gasteiger partial charge is 0.407 e. The number of aromatic nitrogens is 3. The third-order valence-corrected chi connectivity index (χ3v) is 20.5. The fourth-order valence-corrected chi connectivity index (χ4v) is 11.6. The van der Waals surface area contributed by atoms with Gasteiger partial charge in [0.15, 0.2) is 0 Å². The Balaban J connectivity index is 3.77. The van der Waals surface area contributed by atoms with Crippen LogP contribution in [0.15, 0.2) is 6.20 Å². The van der Waals surface area contributed by atoms with Crippen molar-refractivity contribution in [1.29, 1.82) is 0 Å². The Morgan fingerprint density at radius 1 is 0.275 bits per heavy atom. The lowest BCUT2D eigenvalue weighted by Gasteiger charge is -2.32. The summed E-state index contributed by atoms with van der Waals surface area (Å²) in [5.74, 6) is -6.61. The molecule has 138 heavy (non-hydrogen) atoms. The number of aryl methyl sites for hydroxylation is 1. The number of rotatable bonds is 67. The summed E-state index contributed by atoms with van der Waals surface area (Å²) in [7, 11) is 7.43. The van der Waals surface area contributed by atoms with Gasteiger partial charge < -0.3 is 149 Å². The van der Waals surface area contributed by atoms with Crippen LogP contribution < -0.4 is 42.5 Å². The lowest BCUT2D eigenvalue weighted by molar-refractivity contribution is -0.182. The van der Waals surface area contributed by atoms with Crippen LogP contribution in [0.5, 0.6) is 0 Å². The van der Waals surface area contributed by atoms with Crippen LogP contribution in [-0.4, -0.2) is 381 Å². The van der Waals surface area contributed by atoms with Crippen LogP contribution in [0.4, 0.5) is 38.4 Å². The van der Waals surface area contributed by atoms with Crippen LogP contribution in [0.1, 0.15) is 207 Å². The van der Waals surface area contributed by atoms with Gasteiger partial charge in [-0.15, -0.1) is 5.10 Å². The molecular weight excluding hydrogens is 1820 g/mol. The molecule has 0 aliphatic carbocycles. The summed E-state index contributed by atoms with van der Waals surface area (Å²) in [6.07, 6.45) is 1.36. The van der Waals surface area contributed by atoms with Gasteiger partial charge in [-0.25, -0.2) is 38.4 Å². The molecule has 0 saturated heterocycles. The van der Waals surface area contributed by atoms with Crippen molar-refractivity contribution < 1.29 is 154 Å². The summed E-state index contributed by atoms with van der Waals surface area (Å²) >= 11 is 0. The van der Waals surface area contributed by atoms with Gasteiger partial charge in [-0.3, -0.25) is 33.4 Å². The molecule has 0 fully saturated rings. The van der Waals surface area contributed by atoms with Crippen LogP contribution in [0.2, 0.25) is 0 Å². The fourth-order valence-electron chi connectivity index (χ4n) is 11.6. The summed E-state index contributed by atoms with van der Waals surface area (Å²) < 4.78 is 79.0. The second-order valence-corrected chi connectivity index (χ2v) is 40.2. The van der Waals surface area contributed by atoms with Crippen LogP contribution >= 0.6 is 0 Å². The number of esters is 6. The number of carbonyl (C=O) groups is 14. The van der Waals surface area contributed by atoms with Crippen molar-refractivity contribution in [1.82, 2.24) is 77.1 Å². The molecule has 1 aromatic heterocycles. The Morgan fingerprint density at radius 3 is 0.725 bits per heavy atom. The first kappa shape index (κ1) is 126. The monoisotopic (exact) mass is 1980 g/mol. The zero-order valence-corrected chi connectivity index (χ0v) is 85.8. The highest BCUT2D eigenvalue weighted by atomic mass is 16.6. The Morgan fingerprint density at radius 2 is 0.486 bits per heavy atom. The molecule has 47 nitrogen and oxygen atoms in total. The van der Waals surface area contributed by atoms with Gasteiger partial charge in [0.25, 0.3) is 0 Å². The van der Waals surface area contributed by atoms with Crippen LogP contribution in [-0.2, 0) is 108 Å². The second kappa shape index (κ2) is 63.5. The molecule has 0 atom stereocenters. The van der Waals surface area contributed by atoms with Crippen molar-refractivity contribution in [3.63, 3.8) is 0 Å². The molecule has 12 N–H and O–H groups in total. The van der Waals surface area contributed by atoms with Crippen LogP contribution in [0.3, 0.4) is 0 Å². The Hall–Kier alpha value is -10.2. The lowest BCUT2D eigenvalue weighted by Crippen LogP contribution is -2.47. The van der Waals surface area contributed by atoms with Crippen molar-refractivity contribution in [3.05, 3.63) is 11.9 Å². The molecule has 1 rings (SSSR count). The molecule has 1 heterocycles. The molecule has 0 bridgehead atoms. The van der Waals surface area contributed by atoms with E-state index in [1.165, 1.54) is 52.4 Å². The van der Waals surface area contributed by atoms with E-state index in [9.17, 15) is 87.5 Å². The third kappa shape index (κ3) is 56.8. The maximum atomic E-state index is 14.9. The van der Waals surface area contributed by atoms with E-state index in [-0.39, 0.29) is 45.0 Å². The first-order valence-corrected chi connectivity index (χ1v) is 46.9. The number of hydrogen-bond acceptors (Lipinski definition) is 38. The van der Waals surface area contributed by atoms with Crippen molar-refractivity contribution in [3.8, 4) is 0 Å². The van der Waals surface area contributed by atoms with E-state index in [0.717, 1.165) is 0 Å². The maximum Gasteiger partial charge on any atom is 0.407 e. The zero-order chi connectivity index (χ0) is 105. The largest absolute Gasteiger partial charge is 0.465 e. The highest BCUT2D eigenvalue weighted by Gasteiger charge is 2.48. The van der Waals surface area contributed by atoms with E-state index in [0.29, 0.717) is 156 Å². The minimum Gasteiger partial charge on any atom is -0.465 e. The summed E-state index contributed by atoms with van der Waals surface area (Å²) in [5, 5.41) is 68.8. The van der Waals surface area contributed by atoms with E-state index in [4.69, 9.17) is 66.3 Å². The van der Waals surface area contributed by atoms with E-state index < -0.39 is 225 Å². The van der Waals surface area contributed by atoms with E-state index in [1.807, 2.05) is 47.8 Å². The minimum absolute atomic E-state index is 0.105. The lowest BCUT2D eigenvalue weighted by atomic mass is 9.90. The van der Waals surface area contributed by atoms with Gasteiger partial charge >= 0.3 is 84.6 Å². The molecule has 796 valence electrons. The minimum atomic E-state index is -2.19. The van der Waals surface area contributed by atoms with Gasteiger partial charge in [0, 0.05) is 58.9 Å². The molecule has 0 radical (unpaired) electrons. The highest BCUT2D eigenvalue weighted by Crippen LogP contribution is 2.31. The van der Waals surface area contributed by atoms with Gasteiger partial charge in [0.05, 0.1) is 39.2 Å². The molecule has 47 heteroatoms. The standard InChI is InChI=1S/C91H165N15O32/c1-82(2,3)135-78(121)96-39-31-47-102(19)43-27-35-92-74(117)131-63-90(17,64-132-75(118)93-36-28-44-103(20)48-32-40-97-79(122)136-83(4,5)6)72(115)129-61-89(16,71(114)126-54-67-53-106(101-100-67)51-25-23-24-26-52-125-70(113)88(15,59-127-68(111)86(13,55-107)56-108)60-128-69(112)87(14,57-109)58-110)62-130-73(116)91(18,65-133-76(119)94-37-29-45-104(21)49-33-41-98-80(123)137-84(7,8)9)66-134-77(120)95-38-30-46-105(22)50-34-42-99-81(124)138-85(10,11)12/h53,107-110H,23-52,54-66H2,1-22H3,(H,92,117)(H,93,118)(H,94,119)(H,95,120)(H,96,121)(H,97,122)(H,98,123)(H,99,124). The molecule has 0 aromatic carbocycles. The molecule has 0 unspecified atom stereocenters. The number of hydrogen-bond donors (Lipinski definition) is 12. The predicted octanol–water partition coefficient (Wildman–Crippen LogP) is 5.46. The molecular formula is C91H165N15O32. The quantitative estimate of drug-likeness (QED) is 0.0219. The average molecular weight is 1980 g/mol. The molecule has 0 saturated carbocycles.